The number of nitrogens with zero attached hydrogens (tertiary/aromatic N) is 1. The predicted octanol–water partition coefficient (Wildman–Crippen LogP) is 4.12. The van der Waals surface area contributed by atoms with Crippen LogP contribution < -0.4 is 10.2 Å². The maximum absolute atomic E-state index is 14.7. The summed E-state index contributed by atoms with van der Waals surface area (Å²) in [4.78, 5) is 14.1. The summed E-state index contributed by atoms with van der Waals surface area (Å²) in [6.07, 6.45) is 3.52. The Kier molecular flexibility index (Phi) is 6.74. The smallest absolute Gasteiger partial charge is 0.254 e. The molecule has 3 rings (SSSR count). The lowest BCUT2D eigenvalue weighted by Crippen LogP contribution is -2.32. The highest BCUT2D eigenvalue weighted by Crippen LogP contribution is 2.38. The second kappa shape index (κ2) is 9.13. The zero-order valence-electron chi connectivity index (χ0n) is 17.1. The van der Waals surface area contributed by atoms with Crippen molar-refractivity contribution >= 4 is 21.4 Å². The van der Waals surface area contributed by atoms with Gasteiger partial charge in [0.2, 0.25) is 0 Å². The minimum Gasteiger partial charge on any atom is -0.364 e. The van der Waals surface area contributed by atoms with Gasteiger partial charge in [-0.25, -0.2) is 21.6 Å². The molecule has 1 N–H and O–H groups in total. The lowest BCUT2D eigenvalue weighted by atomic mass is 10.0. The highest BCUT2D eigenvalue weighted by atomic mass is 32.2. The molecule has 1 saturated heterocycles. The number of anilines is 1. The number of benzene rings is 2. The Hall–Kier alpha value is -2.81. The summed E-state index contributed by atoms with van der Waals surface area (Å²) < 4.78 is 65.6. The van der Waals surface area contributed by atoms with Gasteiger partial charge in [-0.05, 0) is 50.1 Å². The molecule has 0 aliphatic carbocycles. The van der Waals surface area contributed by atoms with Crippen molar-refractivity contribution in [1.82, 2.24) is 5.32 Å². The molecule has 2 aromatic carbocycles. The van der Waals surface area contributed by atoms with Gasteiger partial charge in [0.1, 0.15) is 17.5 Å². The van der Waals surface area contributed by atoms with E-state index in [0.717, 1.165) is 11.7 Å². The number of carbonyl (C=O) groups excluding carboxylic acids is 1. The second-order valence-electron chi connectivity index (χ2n) is 7.57. The highest BCUT2D eigenvalue weighted by molar-refractivity contribution is 7.93. The maximum Gasteiger partial charge on any atom is 0.254 e. The van der Waals surface area contributed by atoms with Crippen LogP contribution in [-0.4, -0.2) is 33.2 Å². The summed E-state index contributed by atoms with van der Waals surface area (Å²) in [6.45, 7) is 2.06. The van der Waals surface area contributed by atoms with Crippen LogP contribution in [0.4, 0.5) is 18.9 Å². The summed E-state index contributed by atoms with van der Waals surface area (Å²) in [7, 11) is -3.34. The summed E-state index contributed by atoms with van der Waals surface area (Å²) >= 11 is 0. The third-order valence-corrected chi connectivity index (χ3v) is 5.74. The number of hydrogen-bond acceptors (Lipinski definition) is 4. The quantitative estimate of drug-likeness (QED) is 0.716. The average molecular weight is 452 g/mol. The van der Waals surface area contributed by atoms with Crippen molar-refractivity contribution in [3.8, 4) is 0 Å². The van der Waals surface area contributed by atoms with Crippen LogP contribution in [0.5, 0.6) is 0 Å². The molecule has 9 heteroatoms. The van der Waals surface area contributed by atoms with Gasteiger partial charge in [-0.3, -0.25) is 4.79 Å². The first-order chi connectivity index (χ1) is 14.6. The van der Waals surface area contributed by atoms with Crippen molar-refractivity contribution in [1.29, 1.82) is 0 Å². The molecule has 1 fully saturated rings. The molecule has 0 aromatic heterocycles. The number of nitrogens with one attached hydrogen (secondary N) is 1. The largest absolute Gasteiger partial charge is 0.364 e. The van der Waals surface area contributed by atoms with E-state index < -0.39 is 45.3 Å². The van der Waals surface area contributed by atoms with Gasteiger partial charge in [-0.1, -0.05) is 12.1 Å². The second-order valence-corrected chi connectivity index (χ2v) is 9.50. The van der Waals surface area contributed by atoms with E-state index in [4.69, 9.17) is 0 Å². The van der Waals surface area contributed by atoms with E-state index in [1.165, 1.54) is 42.5 Å². The van der Waals surface area contributed by atoms with Gasteiger partial charge < -0.3 is 10.2 Å². The fourth-order valence-corrected chi connectivity index (χ4v) is 4.19. The van der Waals surface area contributed by atoms with Crippen molar-refractivity contribution in [2.45, 2.75) is 31.8 Å². The van der Waals surface area contributed by atoms with Gasteiger partial charge in [0.25, 0.3) is 5.91 Å². The third kappa shape index (κ3) is 5.46. The van der Waals surface area contributed by atoms with E-state index in [0.29, 0.717) is 25.1 Å². The van der Waals surface area contributed by atoms with Crippen LogP contribution in [0.2, 0.25) is 0 Å². The minimum atomic E-state index is -3.34. The van der Waals surface area contributed by atoms with Crippen LogP contribution in [0.25, 0.3) is 0 Å². The monoisotopic (exact) mass is 452 g/mol. The first-order valence-electron chi connectivity index (χ1n) is 9.76. The molecule has 2 atom stereocenters. The van der Waals surface area contributed by atoms with Crippen LogP contribution in [0.1, 0.15) is 41.7 Å². The molecule has 1 aliphatic rings. The molecule has 1 unspecified atom stereocenters. The molecular weight excluding hydrogens is 429 g/mol. The molecular formula is C22H23F3N2O3S. The lowest BCUT2D eigenvalue weighted by Gasteiger charge is -2.28. The Balaban J connectivity index is 1.80. The van der Waals surface area contributed by atoms with Crippen molar-refractivity contribution < 1.29 is 26.4 Å². The number of amides is 1. The number of hydrogen-bond donors (Lipinski definition) is 1. The van der Waals surface area contributed by atoms with Crippen molar-refractivity contribution in [3.63, 3.8) is 0 Å². The lowest BCUT2D eigenvalue weighted by molar-refractivity contribution is 0.0943. The van der Waals surface area contributed by atoms with Crippen LogP contribution in [-0.2, 0) is 9.84 Å². The van der Waals surface area contributed by atoms with Gasteiger partial charge in [-0.15, -0.1) is 0 Å². The van der Waals surface area contributed by atoms with Gasteiger partial charge in [0, 0.05) is 35.5 Å². The normalized spacial score (nSPS) is 17.8. The molecule has 5 nitrogen and oxygen atoms in total. The fourth-order valence-electron chi connectivity index (χ4n) is 3.66. The van der Waals surface area contributed by atoms with Gasteiger partial charge in [-0.2, -0.15) is 0 Å². The van der Waals surface area contributed by atoms with Crippen LogP contribution in [0.3, 0.4) is 0 Å². The van der Waals surface area contributed by atoms with Gasteiger partial charge >= 0.3 is 0 Å². The SMILES string of the molecule is C[C@H](/C=C/S(C)(=O)=O)NC(=O)c1ccc(N2CCCC2c2c(F)cccc2F)cc1F. The maximum atomic E-state index is 14.7. The summed E-state index contributed by atoms with van der Waals surface area (Å²) in [5.74, 6) is -2.78. The zero-order valence-corrected chi connectivity index (χ0v) is 17.9. The Labute approximate surface area is 179 Å². The number of sulfone groups is 1. The van der Waals surface area contributed by atoms with Crippen LogP contribution >= 0.6 is 0 Å². The first-order valence-corrected chi connectivity index (χ1v) is 11.7. The van der Waals surface area contributed by atoms with Crippen molar-refractivity contribution in [2.75, 3.05) is 17.7 Å². The minimum absolute atomic E-state index is 0.0475. The van der Waals surface area contributed by atoms with Gasteiger partial charge in [0.05, 0.1) is 11.6 Å². The van der Waals surface area contributed by atoms with Crippen molar-refractivity contribution in [2.24, 2.45) is 0 Å². The molecule has 1 amide bonds. The van der Waals surface area contributed by atoms with Crippen molar-refractivity contribution in [3.05, 3.63) is 76.5 Å². The number of carbonyl (C=O) groups is 1. The molecule has 0 radical (unpaired) electrons. The molecule has 166 valence electrons. The zero-order chi connectivity index (χ0) is 22.8. The average Bonchev–Trinajstić information content (AvgIpc) is 3.15. The van der Waals surface area contributed by atoms with E-state index in [9.17, 15) is 26.4 Å². The third-order valence-electron chi connectivity index (χ3n) is 5.09. The summed E-state index contributed by atoms with van der Waals surface area (Å²) in [5.41, 5.74) is 0.161. The Morgan fingerprint density at radius 2 is 1.84 bits per heavy atom. The number of rotatable bonds is 6. The molecule has 31 heavy (non-hydrogen) atoms. The predicted molar refractivity (Wildman–Crippen MR) is 113 cm³/mol. The fraction of sp³-hybridized carbons (Fsp3) is 0.318. The summed E-state index contributed by atoms with van der Waals surface area (Å²) in [6, 6.07) is 6.50. The number of halogens is 3. The Morgan fingerprint density at radius 1 is 1.16 bits per heavy atom. The molecule has 0 spiro atoms. The van der Waals surface area contributed by atoms with Gasteiger partial charge in [0.15, 0.2) is 9.84 Å². The Bertz CT molecular complexity index is 1100. The van der Waals surface area contributed by atoms with E-state index in [-0.39, 0.29) is 11.1 Å². The van der Waals surface area contributed by atoms with E-state index in [1.54, 1.807) is 11.8 Å². The standard InChI is InChI=1S/C22H23F3N2O3S/c1-14(10-12-31(2,29)30)26-22(28)16-9-8-15(13-19(16)25)27-11-4-7-20(27)21-17(23)5-3-6-18(21)24/h3,5-6,8-10,12-14,20H,4,7,11H2,1-2H3,(H,26,28)/b12-10+/t14-,20?/m1/s1. The van der Waals surface area contributed by atoms with E-state index in [2.05, 4.69) is 5.32 Å². The molecule has 1 aliphatic heterocycles. The first kappa shape index (κ1) is 22.9. The Morgan fingerprint density at radius 3 is 2.45 bits per heavy atom. The highest BCUT2D eigenvalue weighted by Gasteiger charge is 2.31. The van der Waals surface area contributed by atoms with E-state index in [1.807, 2.05) is 0 Å². The molecule has 0 saturated carbocycles. The topological polar surface area (TPSA) is 66.5 Å². The van der Waals surface area contributed by atoms with E-state index >= 15 is 0 Å². The van der Waals surface area contributed by atoms with Crippen LogP contribution in [0, 0.1) is 17.5 Å². The molecule has 0 bridgehead atoms. The molecule has 1 heterocycles. The summed E-state index contributed by atoms with van der Waals surface area (Å²) in [5, 5.41) is 3.47. The molecule has 2 aromatic rings. The van der Waals surface area contributed by atoms with Crippen LogP contribution in [0.15, 0.2) is 47.9 Å².